The SMILES string of the molecule is CCOCCCN=C(Nc1cccc(C(=O)O)c1)N1CCN(CC(=O)NC(C)(C)C)CC1. The van der Waals surface area contributed by atoms with Crippen LogP contribution in [-0.2, 0) is 9.53 Å². The zero-order chi connectivity index (χ0) is 23.6. The van der Waals surface area contributed by atoms with E-state index in [1.807, 2.05) is 33.8 Å². The van der Waals surface area contributed by atoms with Crippen LogP contribution in [0.5, 0.6) is 0 Å². The van der Waals surface area contributed by atoms with Crippen molar-refractivity contribution in [2.24, 2.45) is 4.99 Å². The van der Waals surface area contributed by atoms with Crippen LogP contribution < -0.4 is 10.6 Å². The van der Waals surface area contributed by atoms with Gasteiger partial charge in [0.05, 0.1) is 12.1 Å². The standard InChI is InChI=1S/C23H37N5O4/c1-5-32-15-7-10-24-22(25-19-9-6-8-18(16-19)21(30)31)28-13-11-27(12-14-28)17-20(29)26-23(2,3)4/h6,8-9,16H,5,7,10-15,17H2,1-4H3,(H,24,25)(H,26,29)(H,30,31). The second-order valence-corrected chi connectivity index (χ2v) is 8.83. The Labute approximate surface area is 190 Å². The van der Waals surface area contributed by atoms with Gasteiger partial charge in [-0.25, -0.2) is 4.79 Å². The van der Waals surface area contributed by atoms with Gasteiger partial charge in [-0.2, -0.15) is 0 Å². The average molecular weight is 448 g/mol. The summed E-state index contributed by atoms with van der Waals surface area (Å²) in [7, 11) is 0. The fourth-order valence-corrected chi connectivity index (χ4v) is 3.35. The highest BCUT2D eigenvalue weighted by Crippen LogP contribution is 2.13. The molecule has 0 spiro atoms. The molecule has 1 amide bonds. The molecule has 1 aliphatic rings. The van der Waals surface area contributed by atoms with Crippen molar-refractivity contribution in [2.75, 3.05) is 57.8 Å². The maximum atomic E-state index is 12.2. The summed E-state index contributed by atoms with van der Waals surface area (Å²) in [4.78, 5) is 32.5. The van der Waals surface area contributed by atoms with Gasteiger partial charge in [-0.3, -0.25) is 14.7 Å². The van der Waals surface area contributed by atoms with E-state index in [1.165, 1.54) is 0 Å². The molecule has 0 unspecified atom stereocenters. The van der Waals surface area contributed by atoms with Crippen molar-refractivity contribution in [3.8, 4) is 0 Å². The topological polar surface area (TPSA) is 106 Å². The van der Waals surface area contributed by atoms with Crippen molar-refractivity contribution in [1.29, 1.82) is 0 Å². The molecule has 9 heteroatoms. The highest BCUT2D eigenvalue weighted by Gasteiger charge is 2.23. The number of carbonyl (C=O) groups is 2. The summed E-state index contributed by atoms with van der Waals surface area (Å²) in [6, 6.07) is 6.71. The smallest absolute Gasteiger partial charge is 0.335 e. The van der Waals surface area contributed by atoms with Gasteiger partial charge in [0.1, 0.15) is 0 Å². The van der Waals surface area contributed by atoms with Gasteiger partial charge in [0, 0.05) is 57.2 Å². The summed E-state index contributed by atoms with van der Waals surface area (Å²) < 4.78 is 5.39. The summed E-state index contributed by atoms with van der Waals surface area (Å²) in [5.74, 6) is -0.229. The molecule has 1 saturated heterocycles. The second kappa shape index (κ2) is 12.4. The van der Waals surface area contributed by atoms with E-state index in [-0.39, 0.29) is 17.0 Å². The number of anilines is 1. The molecule has 0 aliphatic carbocycles. The number of amides is 1. The lowest BCUT2D eigenvalue weighted by Gasteiger charge is -2.36. The van der Waals surface area contributed by atoms with Crippen molar-refractivity contribution < 1.29 is 19.4 Å². The van der Waals surface area contributed by atoms with Crippen LogP contribution in [0.2, 0.25) is 0 Å². The summed E-state index contributed by atoms with van der Waals surface area (Å²) >= 11 is 0. The number of nitrogens with one attached hydrogen (secondary N) is 2. The number of rotatable bonds is 9. The average Bonchev–Trinajstić information content (AvgIpc) is 2.72. The van der Waals surface area contributed by atoms with E-state index in [0.717, 1.165) is 32.6 Å². The Morgan fingerprint density at radius 2 is 1.91 bits per heavy atom. The monoisotopic (exact) mass is 447 g/mol. The number of guanidine groups is 1. The van der Waals surface area contributed by atoms with E-state index < -0.39 is 5.97 Å². The predicted octanol–water partition coefficient (Wildman–Crippen LogP) is 2.11. The lowest BCUT2D eigenvalue weighted by Crippen LogP contribution is -2.54. The van der Waals surface area contributed by atoms with Crippen LogP contribution in [0.1, 0.15) is 44.5 Å². The third kappa shape index (κ3) is 9.23. The summed E-state index contributed by atoms with van der Waals surface area (Å²) in [5.41, 5.74) is 0.662. The molecule has 0 saturated carbocycles. The molecule has 0 bridgehead atoms. The fraction of sp³-hybridized carbons (Fsp3) is 0.609. The number of aromatic carboxylic acids is 1. The number of nitrogens with zero attached hydrogens (tertiary/aromatic N) is 3. The Morgan fingerprint density at radius 3 is 2.53 bits per heavy atom. The largest absolute Gasteiger partial charge is 0.478 e. The highest BCUT2D eigenvalue weighted by atomic mass is 16.5. The van der Waals surface area contributed by atoms with Crippen LogP contribution in [0.25, 0.3) is 0 Å². The molecule has 1 heterocycles. The third-order valence-corrected chi connectivity index (χ3v) is 4.83. The van der Waals surface area contributed by atoms with Crippen molar-refractivity contribution >= 4 is 23.5 Å². The minimum atomic E-state index is -0.967. The number of hydrogen-bond acceptors (Lipinski definition) is 5. The second-order valence-electron chi connectivity index (χ2n) is 8.83. The minimum Gasteiger partial charge on any atom is -0.478 e. The number of hydrogen-bond donors (Lipinski definition) is 3. The van der Waals surface area contributed by atoms with Crippen LogP contribution in [0, 0.1) is 0 Å². The van der Waals surface area contributed by atoms with Gasteiger partial charge in [0.2, 0.25) is 5.91 Å². The van der Waals surface area contributed by atoms with Crippen molar-refractivity contribution in [1.82, 2.24) is 15.1 Å². The van der Waals surface area contributed by atoms with E-state index in [4.69, 9.17) is 9.73 Å². The van der Waals surface area contributed by atoms with Crippen LogP contribution in [0.15, 0.2) is 29.3 Å². The quantitative estimate of drug-likeness (QED) is 0.302. The van der Waals surface area contributed by atoms with Crippen LogP contribution in [0.4, 0.5) is 5.69 Å². The first-order valence-electron chi connectivity index (χ1n) is 11.2. The van der Waals surface area contributed by atoms with Crippen molar-refractivity contribution in [3.63, 3.8) is 0 Å². The van der Waals surface area contributed by atoms with E-state index in [9.17, 15) is 14.7 Å². The lowest BCUT2D eigenvalue weighted by molar-refractivity contribution is -0.123. The molecular formula is C23H37N5O4. The number of carboxylic acid groups (broad SMARTS) is 1. The first kappa shape index (κ1) is 25.6. The Kier molecular flexibility index (Phi) is 9.93. The molecular weight excluding hydrogens is 410 g/mol. The lowest BCUT2D eigenvalue weighted by atomic mass is 10.1. The minimum absolute atomic E-state index is 0.0272. The summed E-state index contributed by atoms with van der Waals surface area (Å²) in [6.45, 7) is 13.1. The Balaban J connectivity index is 2.00. The molecule has 32 heavy (non-hydrogen) atoms. The molecule has 1 aromatic carbocycles. The molecule has 2 rings (SSSR count). The normalized spacial score (nSPS) is 15.5. The maximum Gasteiger partial charge on any atom is 0.335 e. The van der Waals surface area contributed by atoms with Crippen LogP contribution >= 0.6 is 0 Å². The summed E-state index contributed by atoms with van der Waals surface area (Å²) in [6.07, 6.45) is 0.807. The number of carbonyl (C=O) groups excluding carboxylic acids is 1. The van der Waals surface area contributed by atoms with Gasteiger partial charge in [-0.05, 0) is 52.3 Å². The third-order valence-electron chi connectivity index (χ3n) is 4.83. The molecule has 0 radical (unpaired) electrons. The Hall–Kier alpha value is -2.65. The number of aliphatic imine (C=N–C) groups is 1. The Morgan fingerprint density at radius 1 is 1.19 bits per heavy atom. The molecule has 178 valence electrons. The van der Waals surface area contributed by atoms with E-state index in [0.29, 0.717) is 38.0 Å². The highest BCUT2D eigenvalue weighted by molar-refractivity contribution is 5.95. The van der Waals surface area contributed by atoms with Gasteiger partial charge >= 0.3 is 5.97 Å². The predicted molar refractivity (Wildman–Crippen MR) is 126 cm³/mol. The molecule has 1 aromatic rings. The molecule has 0 aromatic heterocycles. The first-order chi connectivity index (χ1) is 15.2. The maximum absolute atomic E-state index is 12.2. The van der Waals surface area contributed by atoms with E-state index in [2.05, 4.69) is 20.4 Å². The van der Waals surface area contributed by atoms with Crippen LogP contribution in [0.3, 0.4) is 0 Å². The molecule has 9 nitrogen and oxygen atoms in total. The van der Waals surface area contributed by atoms with Crippen molar-refractivity contribution in [2.45, 2.75) is 39.7 Å². The number of piperazine rings is 1. The Bertz CT molecular complexity index is 783. The van der Waals surface area contributed by atoms with Gasteiger partial charge in [-0.15, -0.1) is 0 Å². The molecule has 1 fully saturated rings. The van der Waals surface area contributed by atoms with E-state index >= 15 is 0 Å². The first-order valence-corrected chi connectivity index (χ1v) is 11.2. The zero-order valence-corrected chi connectivity index (χ0v) is 19.7. The number of benzene rings is 1. The molecule has 0 atom stereocenters. The van der Waals surface area contributed by atoms with Gasteiger partial charge in [-0.1, -0.05) is 6.07 Å². The molecule has 1 aliphatic heterocycles. The van der Waals surface area contributed by atoms with Gasteiger partial charge in [0.25, 0.3) is 0 Å². The molecule has 3 N–H and O–H groups in total. The number of carboxylic acids is 1. The van der Waals surface area contributed by atoms with Crippen molar-refractivity contribution in [3.05, 3.63) is 29.8 Å². The number of ether oxygens (including phenoxy) is 1. The zero-order valence-electron chi connectivity index (χ0n) is 19.7. The van der Waals surface area contributed by atoms with Crippen LogP contribution in [-0.4, -0.2) is 90.8 Å². The fourth-order valence-electron chi connectivity index (χ4n) is 3.35. The van der Waals surface area contributed by atoms with E-state index in [1.54, 1.807) is 18.2 Å². The van der Waals surface area contributed by atoms with Gasteiger partial charge < -0.3 is 25.4 Å². The van der Waals surface area contributed by atoms with Gasteiger partial charge in [0.15, 0.2) is 5.96 Å². The summed E-state index contributed by atoms with van der Waals surface area (Å²) in [5, 5.41) is 15.6.